The van der Waals surface area contributed by atoms with Gasteiger partial charge in [-0.3, -0.25) is 0 Å². The summed E-state index contributed by atoms with van der Waals surface area (Å²) in [6, 6.07) is 0. The Morgan fingerprint density at radius 2 is 1.89 bits per heavy atom. The van der Waals surface area contributed by atoms with E-state index in [0.29, 0.717) is 0 Å². The minimum atomic E-state index is -4.23. The molecule has 0 amide bonds. The number of rotatable bonds is 10. The van der Waals surface area contributed by atoms with Crippen molar-refractivity contribution in [3.05, 3.63) is 12.7 Å². The molecule has 106 valence electrons. The Balaban J connectivity index is 0. The van der Waals surface area contributed by atoms with Crippen molar-refractivity contribution in [3.63, 3.8) is 0 Å². The quantitative estimate of drug-likeness (QED) is 0.137. The molecule has 0 spiro atoms. The molecule has 0 N–H and O–H groups in total. The predicted octanol–water partition coefficient (Wildman–Crippen LogP) is -3.31. The molecule has 0 aromatic carbocycles. The van der Waals surface area contributed by atoms with Gasteiger partial charge in [0.2, 0.25) is 0 Å². The first-order chi connectivity index (χ1) is 8.35. The smallest absolute Gasteiger partial charge is 0.748 e. The Bertz CT molecular complexity index is 355. The number of hydrogen-bond acceptors (Lipinski definition) is 7. The maximum Gasteiger partial charge on any atom is 1.00 e. The van der Waals surface area contributed by atoms with E-state index in [0.717, 1.165) is 6.08 Å². The van der Waals surface area contributed by atoms with Crippen molar-refractivity contribution in [1.82, 2.24) is 0 Å². The molecule has 0 saturated heterocycles. The van der Waals surface area contributed by atoms with Crippen LogP contribution < -0.4 is 29.6 Å². The van der Waals surface area contributed by atoms with Crippen LogP contribution in [0.25, 0.3) is 0 Å². The third-order valence-corrected chi connectivity index (χ3v) is 2.35. The van der Waals surface area contributed by atoms with Gasteiger partial charge >= 0.3 is 35.5 Å². The van der Waals surface area contributed by atoms with Crippen molar-refractivity contribution < 1.29 is 61.5 Å². The number of carbonyl (C=O) groups excluding carboxylic acids is 1. The van der Waals surface area contributed by atoms with E-state index in [4.69, 9.17) is 14.2 Å². The van der Waals surface area contributed by atoms with Crippen molar-refractivity contribution in [2.24, 2.45) is 0 Å². The van der Waals surface area contributed by atoms with Crippen molar-refractivity contribution in [2.45, 2.75) is 13.0 Å². The van der Waals surface area contributed by atoms with Gasteiger partial charge in [-0.2, -0.15) is 0 Å². The minimum Gasteiger partial charge on any atom is -0.748 e. The van der Waals surface area contributed by atoms with E-state index >= 15 is 0 Å². The fourth-order valence-electron chi connectivity index (χ4n) is 0.911. The molecule has 0 heterocycles. The second-order valence-corrected chi connectivity index (χ2v) is 4.92. The molecule has 0 aromatic heterocycles. The van der Waals surface area contributed by atoms with E-state index in [-0.39, 0.29) is 56.0 Å². The molecule has 0 radical (unpaired) electrons. The molecule has 1 unspecified atom stereocenters. The van der Waals surface area contributed by atoms with Crippen molar-refractivity contribution in [2.75, 3.05) is 32.2 Å². The number of hydrogen-bond donors (Lipinski definition) is 0. The Morgan fingerprint density at radius 1 is 1.32 bits per heavy atom. The molecule has 9 heteroatoms. The van der Waals surface area contributed by atoms with Crippen LogP contribution in [-0.2, 0) is 29.1 Å². The summed E-state index contributed by atoms with van der Waals surface area (Å²) in [6.07, 6.45) is 0.653. The zero-order chi connectivity index (χ0) is 14.0. The summed E-state index contributed by atoms with van der Waals surface area (Å²) in [6.45, 7) is 5.33. The third kappa shape index (κ3) is 16.0. The second-order valence-electron chi connectivity index (χ2n) is 3.40. The normalized spacial score (nSPS) is 12.3. The molecule has 0 saturated carbocycles. The van der Waals surface area contributed by atoms with Gasteiger partial charge in [-0.1, -0.05) is 6.58 Å². The van der Waals surface area contributed by atoms with Crippen LogP contribution >= 0.6 is 0 Å². The molecular weight excluding hydrogens is 287 g/mol. The summed E-state index contributed by atoms with van der Waals surface area (Å²) < 4.78 is 45.5. The summed E-state index contributed by atoms with van der Waals surface area (Å²) in [4.78, 5) is 10.8. The number of carbonyl (C=O) groups is 1. The predicted molar refractivity (Wildman–Crippen MR) is 62.0 cm³/mol. The van der Waals surface area contributed by atoms with Gasteiger partial charge in [0.1, 0.15) is 6.10 Å². The molecule has 0 aliphatic rings. The van der Waals surface area contributed by atoms with Gasteiger partial charge in [-0.05, 0) is 6.92 Å². The Morgan fingerprint density at radius 3 is 2.42 bits per heavy atom. The average molecular weight is 304 g/mol. The van der Waals surface area contributed by atoms with Crippen LogP contribution in [0.1, 0.15) is 6.92 Å². The van der Waals surface area contributed by atoms with Crippen LogP contribution in [0.3, 0.4) is 0 Å². The van der Waals surface area contributed by atoms with Crippen LogP contribution in [0.5, 0.6) is 0 Å². The molecule has 1 atom stereocenters. The first kappa shape index (κ1) is 21.3. The maximum absolute atomic E-state index is 10.8. The third-order valence-electron chi connectivity index (χ3n) is 1.69. The van der Waals surface area contributed by atoms with Crippen LogP contribution in [0.15, 0.2) is 12.7 Å². The molecule has 0 bridgehead atoms. The van der Waals surface area contributed by atoms with Gasteiger partial charge < -0.3 is 18.8 Å². The van der Waals surface area contributed by atoms with Crippen LogP contribution in [0, 0.1) is 0 Å². The molecular formula is C10H17NaO7S. The standard InChI is InChI=1S/C10H18O7S.Na/c1-3-10(11)17-9(2)8-16-5-4-15-6-7-18(12,13)14;/h3,9H,1,4-8H2,2H3,(H,12,13,14);/q;+1/p-1. The van der Waals surface area contributed by atoms with E-state index in [9.17, 15) is 17.8 Å². The Kier molecular flexibility index (Phi) is 13.3. The Labute approximate surface area is 135 Å². The van der Waals surface area contributed by atoms with Crippen LogP contribution in [0.4, 0.5) is 0 Å². The number of ether oxygens (including phenoxy) is 3. The van der Waals surface area contributed by atoms with Crippen molar-refractivity contribution in [3.8, 4) is 0 Å². The fourth-order valence-corrected chi connectivity index (χ4v) is 1.23. The van der Waals surface area contributed by atoms with Gasteiger partial charge in [0, 0.05) is 6.08 Å². The van der Waals surface area contributed by atoms with Crippen molar-refractivity contribution >= 4 is 16.1 Å². The first-order valence-corrected chi connectivity index (χ1v) is 6.85. The largest absolute Gasteiger partial charge is 1.00 e. The fraction of sp³-hybridized carbons (Fsp3) is 0.700. The van der Waals surface area contributed by atoms with E-state index in [1.54, 1.807) is 6.92 Å². The van der Waals surface area contributed by atoms with Gasteiger partial charge in [0.25, 0.3) is 0 Å². The zero-order valence-electron chi connectivity index (χ0n) is 11.2. The zero-order valence-corrected chi connectivity index (χ0v) is 14.0. The SMILES string of the molecule is C=CC(=O)OC(C)COCCOCCS(=O)(=O)[O-].[Na+]. The van der Waals surface area contributed by atoms with E-state index in [2.05, 4.69) is 6.58 Å². The molecule has 0 aliphatic heterocycles. The maximum atomic E-state index is 10.8. The first-order valence-electron chi connectivity index (χ1n) is 5.27. The summed E-state index contributed by atoms with van der Waals surface area (Å²) in [5, 5.41) is 0. The van der Waals surface area contributed by atoms with E-state index in [1.165, 1.54) is 0 Å². The van der Waals surface area contributed by atoms with Gasteiger partial charge in [-0.25, -0.2) is 13.2 Å². The molecule has 0 aliphatic carbocycles. The van der Waals surface area contributed by atoms with Crippen LogP contribution in [-0.4, -0.2) is 57.2 Å². The van der Waals surface area contributed by atoms with Gasteiger partial charge in [0.15, 0.2) is 0 Å². The van der Waals surface area contributed by atoms with E-state index in [1.807, 2.05) is 0 Å². The summed E-state index contributed by atoms with van der Waals surface area (Å²) >= 11 is 0. The molecule has 0 aromatic rings. The minimum absolute atomic E-state index is 0. The summed E-state index contributed by atoms with van der Waals surface area (Å²) in [7, 11) is -4.23. The van der Waals surface area contributed by atoms with Gasteiger partial charge in [0.05, 0.1) is 42.3 Å². The van der Waals surface area contributed by atoms with Crippen LogP contribution in [0.2, 0.25) is 0 Å². The summed E-state index contributed by atoms with van der Waals surface area (Å²) in [5.41, 5.74) is 0. The molecule has 0 fully saturated rings. The van der Waals surface area contributed by atoms with Crippen molar-refractivity contribution in [1.29, 1.82) is 0 Å². The van der Waals surface area contributed by atoms with Gasteiger partial charge in [-0.15, -0.1) is 0 Å². The molecule has 19 heavy (non-hydrogen) atoms. The molecule has 7 nitrogen and oxygen atoms in total. The topological polar surface area (TPSA) is 102 Å². The summed E-state index contributed by atoms with van der Waals surface area (Å²) in [5.74, 6) is -1.08. The Hall–Kier alpha value is 0.0400. The monoisotopic (exact) mass is 304 g/mol. The molecule has 0 rings (SSSR count). The van der Waals surface area contributed by atoms with E-state index < -0.39 is 27.9 Å². The number of esters is 1. The average Bonchev–Trinajstić information content (AvgIpc) is 2.26. The second kappa shape index (κ2) is 11.8.